The summed E-state index contributed by atoms with van der Waals surface area (Å²) in [6.45, 7) is 5.74. The van der Waals surface area contributed by atoms with Crippen molar-refractivity contribution in [3.05, 3.63) is 47.3 Å². The normalized spacial score (nSPS) is 12.2. The molecule has 0 fully saturated rings. The number of benzene rings is 1. The van der Waals surface area contributed by atoms with E-state index in [1.165, 1.54) is 0 Å². The van der Waals surface area contributed by atoms with Gasteiger partial charge in [-0.3, -0.25) is 4.79 Å². The Morgan fingerprint density at radius 3 is 2.71 bits per heavy atom. The highest BCUT2D eigenvalue weighted by Gasteiger charge is 2.18. The van der Waals surface area contributed by atoms with Crippen LogP contribution < -0.4 is 5.32 Å². The van der Waals surface area contributed by atoms with Gasteiger partial charge in [-0.1, -0.05) is 25.1 Å². The SMILES string of the molecule is CCC(CO)NC(=O)c1cnn(-c2ccccc2C)c1C. The molecule has 0 aliphatic rings. The second-order valence-electron chi connectivity index (χ2n) is 5.10. The van der Waals surface area contributed by atoms with E-state index in [0.29, 0.717) is 12.0 Å². The van der Waals surface area contributed by atoms with Gasteiger partial charge in [0.25, 0.3) is 5.91 Å². The van der Waals surface area contributed by atoms with Gasteiger partial charge >= 0.3 is 0 Å². The zero-order chi connectivity index (χ0) is 15.4. The van der Waals surface area contributed by atoms with Gasteiger partial charge in [0.15, 0.2) is 0 Å². The van der Waals surface area contributed by atoms with E-state index in [1.54, 1.807) is 10.9 Å². The highest BCUT2D eigenvalue weighted by Crippen LogP contribution is 2.17. The molecule has 0 spiro atoms. The fourth-order valence-electron chi connectivity index (χ4n) is 2.22. The molecule has 0 radical (unpaired) electrons. The van der Waals surface area contributed by atoms with Crippen molar-refractivity contribution in [1.29, 1.82) is 0 Å². The number of para-hydroxylation sites is 1. The van der Waals surface area contributed by atoms with Gasteiger partial charge in [-0.2, -0.15) is 5.10 Å². The smallest absolute Gasteiger partial charge is 0.255 e. The fourth-order valence-corrected chi connectivity index (χ4v) is 2.22. The number of rotatable bonds is 5. The molecule has 5 nitrogen and oxygen atoms in total. The van der Waals surface area contributed by atoms with Gasteiger partial charge in [0.2, 0.25) is 0 Å². The molecule has 0 bridgehead atoms. The zero-order valence-electron chi connectivity index (χ0n) is 12.6. The largest absolute Gasteiger partial charge is 0.394 e. The quantitative estimate of drug-likeness (QED) is 0.883. The van der Waals surface area contributed by atoms with E-state index >= 15 is 0 Å². The highest BCUT2D eigenvalue weighted by molar-refractivity contribution is 5.95. The number of nitrogens with zero attached hydrogens (tertiary/aromatic N) is 2. The number of nitrogens with one attached hydrogen (secondary N) is 1. The molecule has 2 aromatic rings. The van der Waals surface area contributed by atoms with Crippen LogP contribution in [0.25, 0.3) is 5.69 Å². The number of amides is 1. The Kier molecular flexibility index (Phi) is 4.75. The maximum absolute atomic E-state index is 12.2. The number of carbonyl (C=O) groups excluding carboxylic acids is 1. The summed E-state index contributed by atoms with van der Waals surface area (Å²) in [4.78, 5) is 12.2. The standard InChI is InChI=1S/C16H21N3O2/c1-4-13(10-20)18-16(21)14-9-17-19(12(14)3)15-8-6-5-7-11(15)2/h5-9,13,20H,4,10H2,1-3H3,(H,18,21). The first-order chi connectivity index (χ1) is 10.1. The van der Waals surface area contributed by atoms with Crippen molar-refractivity contribution in [2.75, 3.05) is 6.61 Å². The van der Waals surface area contributed by atoms with E-state index in [-0.39, 0.29) is 18.6 Å². The van der Waals surface area contributed by atoms with Crippen LogP contribution in [-0.4, -0.2) is 33.4 Å². The number of hydrogen-bond acceptors (Lipinski definition) is 3. The molecule has 1 unspecified atom stereocenters. The van der Waals surface area contributed by atoms with E-state index in [0.717, 1.165) is 16.9 Å². The topological polar surface area (TPSA) is 67.2 Å². The monoisotopic (exact) mass is 287 g/mol. The second kappa shape index (κ2) is 6.54. The summed E-state index contributed by atoms with van der Waals surface area (Å²) in [5, 5.41) is 16.3. The molecule has 2 N–H and O–H groups in total. The molecule has 1 heterocycles. The Morgan fingerprint density at radius 1 is 1.38 bits per heavy atom. The van der Waals surface area contributed by atoms with Crippen LogP contribution in [-0.2, 0) is 0 Å². The van der Waals surface area contributed by atoms with Gasteiger partial charge in [-0.05, 0) is 31.9 Å². The van der Waals surface area contributed by atoms with Crippen LogP contribution >= 0.6 is 0 Å². The minimum atomic E-state index is -0.223. The number of hydrogen-bond donors (Lipinski definition) is 2. The molecule has 0 aliphatic heterocycles. The minimum absolute atomic E-state index is 0.0623. The first kappa shape index (κ1) is 15.3. The predicted octanol–water partition coefficient (Wildman–Crippen LogP) is 1.99. The third kappa shape index (κ3) is 3.13. The molecular formula is C16H21N3O2. The molecule has 21 heavy (non-hydrogen) atoms. The number of aryl methyl sites for hydroxylation is 1. The molecular weight excluding hydrogens is 266 g/mol. The molecule has 0 saturated heterocycles. The van der Waals surface area contributed by atoms with Gasteiger partial charge in [-0.15, -0.1) is 0 Å². The summed E-state index contributed by atoms with van der Waals surface area (Å²) in [7, 11) is 0. The molecule has 0 aliphatic carbocycles. The summed E-state index contributed by atoms with van der Waals surface area (Å²) >= 11 is 0. The molecule has 5 heteroatoms. The number of aromatic nitrogens is 2. The molecule has 0 saturated carbocycles. The third-order valence-corrected chi connectivity index (χ3v) is 3.65. The molecule has 1 aromatic heterocycles. The van der Waals surface area contributed by atoms with E-state index < -0.39 is 0 Å². The van der Waals surface area contributed by atoms with Crippen molar-refractivity contribution in [3.63, 3.8) is 0 Å². The van der Waals surface area contributed by atoms with E-state index in [1.807, 2.05) is 45.0 Å². The van der Waals surface area contributed by atoms with Gasteiger partial charge in [0.05, 0.1) is 35.8 Å². The van der Waals surface area contributed by atoms with Gasteiger partial charge in [0, 0.05) is 0 Å². The average Bonchev–Trinajstić information content (AvgIpc) is 2.87. The van der Waals surface area contributed by atoms with Crippen LogP contribution in [0.1, 0.15) is 35.0 Å². The maximum Gasteiger partial charge on any atom is 0.255 e. The van der Waals surface area contributed by atoms with Gasteiger partial charge in [0.1, 0.15) is 0 Å². The Morgan fingerprint density at radius 2 is 2.10 bits per heavy atom. The Balaban J connectivity index is 2.29. The lowest BCUT2D eigenvalue weighted by molar-refractivity contribution is 0.0914. The lowest BCUT2D eigenvalue weighted by Crippen LogP contribution is -2.37. The number of aliphatic hydroxyl groups excluding tert-OH is 1. The minimum Gasteiger partial charge on any atom is -0.394 e. The Bertz CT molecular complexity index is 630. The van der Waals surface area contributed by atoms with Crippen molar-refractivity contribution >= 4 is 5.91 Å². The van der Waals surface area contributed by atoms with Crippen molar-refractivity contribution in [2.24, 2.45) is 0 Å². The first-order valence-electron chi connectivity index (χ1n) is 7.10. The van der Waals surface area contributed by atoms with Crippen molar-refractivity contribution in [1.82, 2.24) is 15.1 Å². The van der Waals surface area contributed by atoms with Crippen molar-refractivity contribution in [3.8, 4) is 5.69 Å². The lowest BCUT2D eigenvalue weighted by atomic mass is 10.1. The van der Waals surface area contributed by atoms with Crippen molar-refractivity contribution < 1.29 is 9.90 Å². The molecule has 1 atom stereocenters. The van der Waals surface area contributed by atoms with Crippen LogP contribution in [0.3, 0.4) is 0 Å². The molecule has 1 aromatic carbocycles. The Hall–Kier alpha value is -2.14. The summed E-state index contributed by atoms with van der Waals surface area (Å²) in [5.74, 6) is -0.201. The zero-order valence-corrected chi connectivity index (χ0v) is 12.6. The number of carbonyl (C=O) groups is 1. The summed E-state index contributed by atoms with van der Waals surface area (Å²) in [5.41, 5.74) is 3.38. The summed E-state index contributed by atoms with van der Waals surface area (Å²) in [6.07, 6.45) is 2.26. The van der Waals surface area contributed by atoms with Crippen LogP contribution in [0.15, 0.2) is 30.5 Å². The lowest BCUT2D eigenvalue weighted by Gasteiger charge is -2.14. The van der Waals surface area contributed by atoms with Gasteiger partial charge < -0.3 is 10.4 Å². The summed E-state index contributed by atoms with van der Waals surface area (Å²) < 4.78 is 1.77. The first-order valence-corrected chi connectivity index (χ1v) is 7.10. The van der Waals surface area contributed by atoms with Crippen LogP contribution in [0.5, 0.6) is 0 Å². The third-order valence-electron chi connectivity index (χ3n) is 3.65. The van der Waals surface area contributed by atoms with E-state index in [2.05, 4.69) is 10.4 Å². The predicted molar refractivity (Wildman–Crippen MR) is 81.7 cm³/mol. The fraction of sp³-hybridized carbons (Fsp3) is 0.375. The van der Waals surface area contributed by atoms with E-state index in [4.69, 9.17) is 0 Å². The maximum atomic E-state index is 12.2. The highest BCUT2D eigenvalue weighted by atomic mass is 16.3. The second-order valence-corrected chi connectivity index (χ2v) is 5.10. The van der Waals surface area contributed by atoms with Crippen molar-refractivity contribution in [2.45, 2.75) is 33.2 Å². The van der Waals surface area contributed by atoms with Crippen LogP contribution in [0.2, 0.25) is 0 Å². The average molecular weight is 287 g/mol. The van der Waals surface area contributed by atoms with Gasteiger partial charge in [-0.25, -0.2) is 4.68 Å². The van der Waals surface area contributed by atoms with Crippen LogP contribution in [0, 0.1) is 13.8 Å². The Labute approximate surface area is 124 Å². The molecule has 1 amide bonds. The summed E-state index contributed by atoms with van der Waals surface area (Å²) in [6, 6.07) is 7.67. The molecule has 112 valence electrons. The van der Waals surface area contributed by atoms with E-state index in [9.17, 15) is 9.90 Å². The van der Waals surface area contributed by atoms with Crippen LogP contribution in [0.4, 0.5) is 0 Å². The molecule has 2 rings (SSSR count). The number of aliphatic hydroxyl groups is 1.